The number of hydrogen-bond donors (Lipinski definition) is 2. The number of carbonyl (C=O) groups excluding carboxylic acids is 3. The average molecular weight is 220 g/mol. The van der Waals surface area contributed by atoms with Crippen molar-refractivity contribution in [1.29, 1.82) is 0 Å². The van der Waals surface area contributed by atoms with Gasteiger partial charge in [-0.05, 0) is 0 Å². The van der Waals surface area contributed by atoms with E-state index < -0.39 is 36.1 Å². The summed E-state index contributed by atoms with van der Waals surface area (Å²) in [6.45, 7) is 0. The van der Waals surface area contributed by atoms with Gasteiger partial charge in [0, 0.05) is 19.9 Å². The smallest absolute Gasteiger partial charge is 0.284 e. The highest BCUT2D eigenvalue weighted by molar-refractivity contribution is 6.24. The van der Waals surface area contributed by atoms with E-state index in [1.807, 2.05) is 5.32 Å². The van der Waals surface area contributed by atoms with Crippen LogP contribution in [0.4, 0.5) is 8.78 Å². The molecule has 0 atom stereocenters. The van der Waals surface area contributed by atoms with Gasteiger partial charge in [-0.2, -0.15) is 0 Å². The molecule has 0 saturated heterocycles. The molecule has 7 heteroatoms. The van der Waals surface area contributed by atoms with E-state index in [-0.39, 0.29) is 6.29 Å². The van der Waals surface area contributed by atoms with Crippen LogP contribution in [0.15, 0.2) is 0 Å². The van der Waals surface area contributed by atoms with E-state index in [1.54, 1.807) is 0 Å². The van der Waals surface area contributed by atoms with Gasteiger partial charge in [0.1, 0.15) is 5.54 Å². The van der Waals surface area contributed by atoms with Crippen LogP contribution in [0.25, 0.3) is 0 Å². The van der Waals surface area contributed by atoms with E-state index in [4.69, 9.17) is 0 Å². The molecule has 0 aromatic carbocycles. The molecule has 1 saturated carbocycles. The maximum atomic E-state index is 12.7. The van der Waals surface area contributed by atoms with Crippen molar-refractivity contribution in [3.05, 3.63) is 0 Å². The number of carbonyl (C=O) groups is 3. The number of alkyl halides is 2. The van der Waals surface area contributed by atoms with Crippen molar-refractivity contribution < 1.29 is 23.2 Å². The molecule has 0 aromatic heterocycles. The highest BCUT2D eigenvalue weighted by Gasteiger charge is 2.61. The first-order valence-electron chi connectivity index (χ1n) is 4.22. The molecule has 2 amide bonds. The second-order valence-corrected chi connectivity index (χ2v) is 3.48. The van der Waals surface area contributed by atoms with Gasteiger partial charge in [-0.3, -0.25) is 14.4 Å². The predicted octanol–water partition coefficient (Wildman–Crippen LogP) is -0.785. The molecule has 0 spiro atoms. The van der Waals surface area contributed by atoms with E-state index in [1.165, 1.54) is 7.05 Å². The lowest BCUT2D eigenvalue weighted by Gasteiger charge is -2.45. The zero-order chi connectivity index (χ0) is 11.7. The molecule has 1 rings (SSSR count). The number of rotatable bonds is 3. The Labute approximate surface area is 84.2 Å². The largest absolute Gasteiger partial charge is 0.357 e. The number of nitrogens with one attached hydrogen (secondary N) is 2. The van der Waals surface area contributed by atoms with Gasteiger partial charge in [0.25, 0.3) is 11.8 Å². The third-order valence-corrected chi connectivity index (χ3v) is 2.25. The molecule has 2 N–H and O–H groups in total. The third-order valence-electron chi connectivity index (χ3n) is 2.25. The van der Waals surface area contributed by atoms with Gasteiger partial charge < -0.3 is 10.6 Å². The van der Waals surface area contributed by atoms with E-state index in [2.05, 4.69) is 5.32 Å². The lowest BCUT2D eigenvalue weighted by molar-refractivity contribution is -0.166. The first-order chi connectivity index (χ1) is 6.85. The van der Waals surface area contributed by atoms with Crippen molar-refractivity contribution in [2.75, 3.05) is 7.05 Å². The van der Waals surface area contributed by atoms with Crippen molar-refractivity contribution in [3.8, 4) is 0 Å². The minimum atomic E-state index is -2.97. The summed E-state index contributed by atoms with van der Waals surface area (Å²) in [6, 6.07) is 0. The van der Waals surface area contributed by atoms with Crippen LogP contribution in [0.5, 0.6) is 0 Å². The molecular weight excluding hydrogens is 210 g/mol. The van der Waals surface area contributed by atoms with Crippen LogP contribution in [0.1, 0.15) is 12.8 Å². The summed E-state index contributed by atoms with van der Waals surface area (Å²) >= 11 is 0. The Kier molecular flexibility index (Phi) is 2.74. The molecule has 0 unspecified atom stereocenters. The zero-order valence-corrected chi connectivity index (χ0v) is 7.97. The first kappa shape index (κ1) is 11.5. The van der Waals surface area contributed by atoms with Crippen molar-refractivity contribution >= 4 is 18.1 Å². The maximum Gasteiger partial charge on any atom is 0.284 e. The van der Waals surface area contributed by atoms with Crippen LogP contribution in [0, 0.1) is 0 Å². The highest BCUT2D eigenvalue weighted by atomic mass is 19.3. The summed E-state index contributed by atoms with van der Waals surface area (Å²) in [6.07, 6.45) is -1.61. The van der Waals surface area contributed by atoms with Gasteiger partial charge in [-0.25, -0.2) is 8.78 Å². The van der Waals surface area contributed by atoms with Gasteiger partial charge >= 0.3 is 0 Å². The fourth-order valence-corrected chi connectivity index (χ4v) is 1.64. The maximum absolute atomic E-state index is 12.7. The van der Waals surface area contributed by atoms with Crippen LogP contribution >= 0.6 is 0 Å². The Morgan fingerprint density at radius 1 is 1.33 bits per heavy atom. The van der Waals surface area contributed by atoms with Gasteiger partial charge in [0.15, 0.2) is 0 Å². The van der Waals surface area contributed by atoms with Crippen molar-refractivity contribution in [3.63, 3.8) is 0 Å². The first-order valence-corrected chi connectivity index (χ1v) is 4.22. The minimum absolute atomic E-state index is 0.0544. The molecule has 0 aromatic rings. The molecule has 0 heterocycles. The number of aldehydes is 1. The fourth-order valence-electron chi connectivity index (χ4n) is 1.64. The van der Waals surface area contributed by atoms with Crippen molar-refractivity contribution in [1.82, 2.24) is 10.6 Å². The Bertz CT molecular complexity index is 309. The average Bonchev–Trinajstić information content (AvgIpc) is 2.12. The number of halogens is 2. The standard InChI is InChI=1S/C8H10F2N2O3/c1-11-6(15)7(12-5(14)2-13)3-8(9,10)4-7/h2H,3-4H2,1H3,(H,11,15)(H,12,14). The molecule has 1 aliphatic carbocycles. The molecule has 0 bridgehead atoms. The van der Waals surface area contributed by atoms with Crippen LogP contribution in [-0.2, 0) is 14.4 Å². The predicted molar refractivity (Wildman–Crippen MR) is 45.2 cm³/mol. The molecule has 5 nitrogen and oxygen atoms in total. The van der Waals surface area contributed by atoms with Crippen molar-refractivity contribution in [2.45, 2.75) is 24.3 Å². The van der Waals surface area contributed by atoms with Gasteiger partial charge in [0.05, 0.1) is 0 Å². The molecule has 1 aliphatic rings. The Balaban J connectivity index is 2.77. The zero-order valence-electron chi connectivity index (χ0n) is 7.97. The fraction of sp³-hybridized carbons (Fsp3) is 0.625. The molecule has 0 radical (unpaired) electrons. The summed E-state index contributed by atoms with van der Waals surface area (Å²) < 4.78 is 25.3. The lowest BCUT2D eigenvalue weighted by Crippen LogP contribution is -2.69. The number of likely N-dealkylation sites (N-methyl/N-ethyl adjacent to an activating group) is 1. The SMILES string of the molecule is CNC(=O)C1(NC(=O)C=O)CC(F)(F)C1. The summed E-state index contributed by atoms with van der Waals surface area (Å²) in [5.41, 5.74) is -1.64. The molecular formula is C8H10F2N2O3. The molecule has 84 valence electrons. The Hall–Kier alpha value is -1.53. The second kappa shape index (κ2) is 3.56. The van der Waals surface area contributed by atoms with Crippen LogP contribution in [0.2, 0.25) is 0 Å². The van der Waals surface area contributed by atoms with Crippen LogP contribution in [0.3, 0.4) is 0 Å². The third kappa shape index (κ3) is 2.11. The van der Waals surface area contributed by atoms with Gasteiger partial charge in [-0.1, -0.05) is 0 Å². The van der Waals surface area contributed by atoms with E-state index in [0.717, 1.165) is 0 Å². The molecule has 0 aliphatic heterocycles. The monoisotopic (exact) mass is 220 g/mol. The Morgan fingerprint density at radius 3 is 2.20 bits per heavy atom. The topological polar surface area (TPSA) is 75.3 Å². The van der Waals surface area contributed by atoms with Crippen molar-refractivity contribution in [2.24, 2.45) is 0 Å². The van der Waals surface area contributed by atoms with E-state index in [9.17, 15) is 23.2 Å². The van der Waals surface area contributed by atoms with Crippen LogP contribution in [-0.4, -0.2) is 36.6 Å². The van der Waals surface area contributed by atoms with E-state index >= 15 is 0 Å². The lowest BCUT2D eigenvalue weighted by atomic mass is 9.72. The second-order valence-electron chi connectivity index (χ2n) is 3.48. The van der Waals surface area contributed by atoms with Crippen LogP contribution < -0.4 is 10.6 Å². The van der Waals surface area contributed by atoms with Gasteiger partial charge in [0.2, 0.25) is 12.2 Å². The summed E-state index contributed by atoms with van der Waals surface area (Å²) in [4.78, 5) is 32.1. The quantitative estimate of drug-likeness (QED) is 0.483. The Morgan fingerprint density at radius 2 is 1.87 bits per heavy atom. The molecule has 1 fully saturated rings. The molecule has 15 heavy (non-hydrogen) atoms. The summed E-state index contributed by atoms with van der Waals surface area (Å²) in [7, 11) is 1.27. The minimum Gasteiger partial charge on any atom is -0.357 e. The number of amides is 2. The van der Waals surface area contributed by atoms with E-state index in [0.29, 0.717) is 0 Å². The summed E-state index contributed by atoms with van der Waals surface area (Å²) in [5, 5.41) is 4.16. The summed E-state index contributed by atoms with van der Waals surface area (Å²) in [5.74, 6) is -4.76. The normalized spacial score (nSPS) is 21.0. The number of hydrogen-bond acceptors (Lipinski definition) is 3. The highest BCUT2D eigenvalue weighted by Crippen LogP contribution is 2.45. The van der Waals surface area contributed by atoms with Gasteiger partial charge in [-0.15, -0.1) is 0 Å².